The number of sulfone groups is 1. The number of benzene rings is 1. The third kappa shape index (κ3) is 9.59. The Labute approximate surface area is 190 Å². The Balaban J connectivity index is 0.00000420. The molecule has 2 rings (SSSR count). The van der Waals surface area contributed by atoms with Gasteiger partial charge in [0.25, 0.3) is 0 Å². The molecule has 10 heteroatoms. The number of hydrogen-bond donors (Lipinski definition) is 1. The highest BCUT2D eigenvalue weighted by Crippen LogP contribution is 2.09. The summed E-state index contributed by atoms with van der Waals surface area (Å²) < 4.78 is 29.4. The van der Waals surface area contributed by atoms with E-state index in [0.717, 1.165) is 23.8 Å². The summed E-state index contributed by atoms with van der Waals surface area (Å²) in [5.74, 6) is 0.795. The van der Waals surface area contributed by atoms with Crippen LogP contribution in [0.5, 0.6) is 0 Å². The van der Waals surface area contributed by atoms with Gasteiger partial charge in [-0.2, -0.15) is 5.10 Å². The van der Waals surface area contributed by atoms with Crippen molar-refractivity contribution in [1.82, 2.24) is 20.0 Å². The first-order chi connectivity index (χ1) is 13.4. The molecule has 0 fully saturated rings. The monoisotopic (exact) mass is 535 g/mol. The molecule has 0 saturated carbocycles. The lowest BCUT2D eigenvalue weighted by atomic mass is 10.3. The van der Waals surface area contributed by atoms with E-state index in [0.29, 0.717) is 19.7 Å². The third-order valence-electron chi connectivity index (χ3n) is 3.87. The molecule has 2 aromatic rings. The van der Waals surface area contributed by atoms with Crippen LogP contribution in [0.25, 0.3) is 5.69 Å². The van der Waals surface area contributed by atoms with Crippen LogP contribution in [0.4, 0.5) is 0 Å². The molecule has 29 heavy (non-hydrogen) atoms. The number of nitrogens with zero attached hydrogens (tertiary/aromatic N) is 4. The van der Waals surface area contributed by atoms with Crippen molar-refractivity contribution < 1.29 is 13.2 Å². The second kappa shape index (κ2) is 12.8. The van der Waals surface area contributed by atoms with Crippen LogP contribution in [0.1, 0.15) is 12.5 Å². The van der Waals surface area contributed by atoms with Crippen molar-refractivity contribution in [2.24, 2.45) is 4.99 Å². The minimum atomic E-state index is -2.99. The summed E-state index contributed by atoms with van der Waals surface area (Å²) in [5, 5.41) is 7.67. The number of para-hydroxylation sites is 1. The summed E-state index contributed by atoms with van der Waals surface area (Å²) in [6, 6.07) is 9.96. The number of hydrogen-bond acceptors (Lipinski definition) is 5. The van der Waals surface area contributed by atoms with Gasteiger partial charge in [-0.1, -0.05) is 18.2 Å². The summed E-state index contributed by atoms with van der Waals surface area (Å²) in [6.07, 6.45) is 5.05. The van der Waals surface area contributed by atoms with E-state index in [1.165, 1.54) is 6.26 Å². The van der Waals surface area contributed by atoms with Gasteiger partial charge in [-0.05, 0) is 19.1 Å². The molecule has 1 aromatic heterocycles. The molecule has 0 atom stereocenters. The van der Waals surface area contributed by atoms with E-state index in [2.05, 4.69) is 15.4 Å². The molecule has 8 nitrogen and oxygen atoms in total. The van der Waals surface area contributed by atoms with Crippen molar-refractivity contribution >= 4 is 39.8 Å². The van der Waals surface area contributed by atoms with Gasteiger partial charge in [-0.15, -0.1) is 24.0 Å². The van der Waals surface area contributed by atoms with Gasteiger partial charge in [0.15, 0.2) is 5.96 Å². The fraction of sp³-hybridized carbons (Fsp3) is 0.474. The number of ether oxygens (including phenoxy) is 1. The molecule has 0 amide bonds. The summed E-state index contributed by atoms with van der Waals surface area (Å²) in [6.45, 7) is 4.46. The quantitative estimate of drug-likeness (QED) is 0.217. The van der Waals surface area contributed by atoms with Crippen molar-refractivity contribution in [2.45, 2.75) is 13.5 Å². The zero-order valence-corrected chi connectivity index (χ0v) is 20.3. The smallest absolute Gasteiger partial charge is 0.194 e. The highest BCUT2D eigenvalue weighted by molar-refractivity contribution is 14.0. The van der Waals surface area contributed by atoms with Crippen LogP contribution < -0.4 is 5.32 Å². The largest absolute Gasteiger partial charge is 0.378 e. The Morgan fingerprint density at radius 1 is 1.28 bits per heavy atom. The van der Waals surface area contributed by atoms with Crippen LogP contribution in [0.15, 0.2) is 47.7 Å². The molecule has 0 radical (unpaired) electrons. The number of halogens is 1. The number of aromatic nitrogens is 2. The minimum absolute atomic E-state index is 0. The number of rotatable bonds is 10. The van der Waals surface area contributed by atoms with Crippen LogP contribution in [0, 0.1) is 0 Å². The van der Waals surface area contributed by atoms with Crippen molar-refractivity contribution in [3.05, 3.63) is 48.3 Å². The number of guanidine groups is 1. The first-order valence-corrected chi connectivity index (χ1v) is 11.3. The fourth-order valence-electron chi connectivity index (χ4n) is 2.51. The molecular formula is C19H30IN5O3S. The molecule has 0 aliphatic heterocycles. The molecule has 0 saturated heterocycles. The van der Waals surface area contributed by atoms with Gasteiger partial charge in [0, 0.05) is 38.2 Å². The molecule has 1 heterocycles. The lowest BCUT2D eigenvalue weighted by molar-refractivity contribution is 0.157. The average molecular weight is 535 g/mol. The zero-order chi connectivity index (χ0) is 20.4. The van der Waals surface area contributed by atoms with Gasteiger partial charge in [0.05, 0.1) is 37.4 Å². The Morgan fingerprint density at radius 2 is 2.00 bits per heavy atom. The molecule has 1 aromatic carbocycles. The molecule has 0 spiro atoms. The first-order valence-electron chi connectivity index (χ1n) is 9.23. The SMILES string of the molecule is CCNC(=NCCOCCS(C)(=O)=O)N(C)Cc1cnn(-c2ccccc2)c1.I. The topological polar surface area (TPSA) is 88.8 Å². The molecule has 0 aliphatic carbocycles. The average Bonchev–Trinajstić information content (AvgIpc) is 3.12. The molecule has 1 N–H and O–H groups in total. The highest BCUT2D eigenvalue weighted by Gasteiger charge is 2.09. The van der Waals surface area contributed by atoms with E-state index in [9.17, 15) is 8.42 Å². The standard InChI is InChI=1S/C19H29N5O3S.HI/c1-4-20-19(21-10-11-27-12-13-28(3,25)26)23(2)15-17-14-22-24(16-17)18-8-6-5-7-9-18;/h5-9,14,16H,4,10-13,15H2,1-3H3,(H,20,21);1H. The predicted molar refractivity (Wildman–Crippen MR) is 127 cm³/mol. The predicted octanol–water partition coefficient (Wildman–Crippen LogP) is 1.95. The molecule has 0 aliphatic rings. The van der Waals surface area contributed by atoms with Crippen LogP contribution in [0.3, 0.4) is 0 Å². The second-order valence-corrected chi connectivity index (χ2v) is 8.72. The van der Waals surface area contributed by atoms with Gasteiger partial charge in [0.2, 0.25) is 0 Å². The lowest BCUT2D eigenvalue weighted by Gasteiger charge is -2.21. The Bertz CT molecular complexity index is 856. The van der Waals surface area contributed by atoms with Crippen molar-refractivity contribution in [3.8, 4) is 5.69 Å². The van der Waals surface area contributed by atoms with Crippen molar-refractivity contribution in [3.63, 3.8) is 0 Å². The van der Waals surface area contributed by atoms with Gasteiger partial charge in [0.1, 0.15) is 9.84 Å². The fourth-order valence-corrected chi connectivity index (χ4v) is 2.93. The Morgan fingerprint density at radius 3 is 2.66 bits per heavy atom. The van der Waals surface area contributed by atoms with Crippen LogP contribution >= 0.6 is 24.0 Å². The van der Waals surface area contributed by atoms with E-state index in [1.54, 1.807) is 0 Å². The molecule has 162 valence electrons. The summed E-state index contributed by atoms with van der Waals surface area (Å²) in [4.78, 5) is 6.56. The van der Waals surface area contributed by atoms with E-state index >= 15 is 0 Å². The maximum Gasteiger partial charge on any atom is 0.194 e. The summed E-state index contributed by atoms with van der Waals surface area (Å²) >= 11 is 0. The normalized spacial score (nSPS) is 11.8. The van der Waals surface area contributed by atoms with Gasteiger partial charge in [-0.3, -0.25) is 4.99 Å². The summed E-state index contributed by atoms with van der Waals surface area (Å²) in [7, 11) is -1.03. The zero-order valence-electron chi connectivity index (χ0n) is 17.1. The van der Waals surface area contributed by atoms with Crippen LogP contribution in [-0.2, 0) is 21.1 Å². The van der Waals surface area contributed by atoms with E-state index in [4.69, 9.17) is 4.74 Å². The number of nitrogens with one attached hydrogen (secondary N) is 1. The van der Waals surface area contributed by atoms with Gasteiger partial charge >= 0.3 is 0 Å². The number of aliphatic imine (C=N–C) groups is 1. The van der Waals surface area contributed by atoms with Crippen molar-refractivity contribution in [1.29, 1.82) is 0 Å². The highest BCUT2D eigenvalue weighted by atomic mass is 127. The molecule has 0 unspecified atom stereocenters. The lowest BCUT2D eigenvalue weighted by Crippen LogP contribution is -2.38. The molecule has 0 bridgehead atoms. The van der Waals surface area contributed by atoms with Crippen LogP contribution in [0.2, 0.25) is 0 Å². The van der Waals surface area contributed by atoms with E-state index in [1.807, 2.05) is 66.3 Å². The van der Waals surface area contributed by atoms with Crippen LogP contribution in [-0.4, -0.2) is 74.4 Å². The minimum Gasteiger partial charge on any atom is -0.378 e. The Hall–Kier alpha value is -1.66. The van der Waals surface area contributed by atoms with E-state index in [-0.39, 0.29) is 36.3 Å². The molecular weight excluding hydrogens is 505 g/mol. The maximum atomic E-state index is 11.1. The van der Waals surface area contributed by atoms with E-state index < -0.39 is 9.84 Å². The maximum absolute atomic E-state index is 11.1. The summed E-state index contributed by atoms with van der Waals surface area (Å²) in [5.41, 5.74) is 2.09. The van der Waals surface area contributed by atoms with Gasteiger partial charge in [-0.25, -0.2) is 13.1 Å². The third-order valence-corrected chi connectivity index (χ3v) is 4.78. The first kappa shape index (κ1) is 25.4. The Kier molecular flexibility index (Phi) is 11.2. The van der Waals surface area contributed by atoms with Gasteiger partial charge < -0.3 is 15.0 Å². The second-order valence-electron chi connectivity index (χ2n) is 6.46. The van der Waals surface area contributed by atoms with Crippen molar-refractivity contribution in [2.75, 3.05) is 45.4 Å².